The van der Waals surface area contributed by atoms with Gasteiger partial charge in [-0.2, -0.15) is 5.26 Å². The van der Waals surface area contributed by atoms with Crippen molar-refractivity contribution in [2.24, 2.45) is 0 Å². The highest BCUT2D eigenvalue weighted by molar-refractivity contribution is 5.82. The van der Waals surface area contributed by atoms with Crippen molar-refractivity contribution in [3.63, 3.8) is 0 Å². The van der Waals surface area contributed by atoms with E-state index in [1.165, 1.54) is 22.3 Å². The van der Waals surface area contributed by atoms with Crippen molar-refractivity contribution in [3.8, 4) is 17.2 Å². The molecule has 0 fully saturated rings. The van der Waals surface area contributed by atoms with Crippen molar-refractivity contribution in [1.29, 1.82) is 5.26 Å². The lowest BCUT2D eigenvalue weighted by Gasteiger charge is -2.28. The molecular formula is C22H26N2. The molecule has 0 spiro atoms. The molecule has 0 saturated carbocycles. The predicted molar refractivity (Wildman–Crippen MR) is 99.9 cm³/mol. The van der Waals surface area contributed by atoms with E-state index in [-0.39, 0.29) is 0 Å². The first kappa shape index (κ1) is 16.7. The Morgan fingerprint density at radius 1 is 1.00 bits per heavy atom. The lowest BCUT2D eigenvalue weighted by atomic mass is 9.75. The maximum Gasteiger partial charge on any atom is 0.108 e. The molecule has 2 nitrogen and oxygen atoms in total. The Bertz CT molecular complexity index is 709. The Kier molecular flexibility index (Phi) is 4.73. The molecule has 2 aromatic rings. The highest BCUT2D eigenvalue weighted by Crippen LogP contribution is 2.50. The van der Waals surface area contributed by atoms with Gasteiger partial charge in [-0.3, -0.25) is 0 Å². The fraction of sp³-hybridized carbons (Fsp3) is 0.409. The van der Waals surface area contributed by atoms with Crippen LogP contribution in [0.2, 0.25) is 0 Å². The van der Waals surface area contributed by atoms with Crippen molar-refractivity contribution < 1.29 is 0 Å². The van der Waals surface area contributed by atoms with E-state index in [1.54, 1.807) is 0 Å². The SMILES string of the molecule is CCC(CCC1(C#N)c2ccccc2-c2ccccc21)NC(C)C. The highest BCUT2D eigenvalue weighted by Gasteiger charge is 2.43. The number of nitrogens with zero attached hydrogens (tertiary/aromatic N) is 1. The molecule has 0 aromatic heterocycles. The second-order valence-corrected chi connectivity index (χ2v) is 7.07. The van der Waals surface area contributed by atoms with Gasteiger partial charge in [-0.15, -0.1) is 0 Å². The second kappa shape index (κ2) is 6.79. The lowest BCUT2D eigenvalue weighted by molar-refractivity contribution is 0.397. The molecule has 1 atom stereocenters. The minimum absolute atomic E-state index is 0.454. The fourth-order valence-electron chi connectivity index (χ4n) is 4.04. The van der Waals surface area contributed by atoms with Crippen LogP contribution in [0.3, 0.4) is 0 Å². The largest absolute Gasteiger partial charge is 0.312 e. The highest BCUT2D eigenvalue weighted by atomic mass is 14.9. The third-order valence-electron chi connectivity index (χ3n) is 5.18. The van der Waals surface area contributed by atoms with Gasteiger partial charge in [0.15, 0.2) is 0 Å². The molecule has 124 valence electrons. The Balaban J connectivity index is 1.99. The Morgan fingerprint density at radius 3 is 2.00 bits per heavy atom. The quantitative estimate of drug-likeness (QED) is 0.810. The van der Waals surface area contributed by atoms with E-state index in [0.717, 1.165) is 19.3 Å². The number of hydrogen-bond acceptors (Lipinski definition) is 2. The zero-order valence-corrected chi connectivity index (χ0v) is 14.8. The number of rotatable bonds is 6. The smallest absolute Gasteiger partial charge is 0.108 e. The van der Waals surface area contributed by atoms with E-state index in [1.807, 2.05) is 0 Å². The minimum Gasteiger partial charge on any atom is -0.312 e. The van der Waals surface area contributed by atoms with Crippen molar-refractivity contribution in [2.75, 3.05) is 0 Å². The van der Waals surface area contributed by atoms with Gasteiger partial charge in [0, 0.05) is 12.1 Å². The molecule has 0 radical (unpaired) electrons. The fourth-order valence-corrected chi connectivity index (χ4v) is 4.04. The Morgan fingerprint density at radius 2 is 1.54 bits per heavy atom. The van der Waals surface area contributed by atoms with E-state index in [0.29, 0.717) is 12.1 Å². The molecule has 2 aromatic carbocycles. The number of hydrogen-bond donors (Lipinski definition) is 1. The van der Waals surface area contributed by atoms with Gasteiger partial charge in [0.05, 0.1) is 6.07 Å². The zero-order chi connectivity index (χ0) is 17.2. The van der Waals surface area contributed by atoms with Gasteiger partial charge in [-0.05, 0) is 41.5 Å². The van der Waals surface area contributed by atoms with Crippen molar-refractivity contribution in [3.05, 3.63) is 59.7 Å². The number of nitriles is 1. The molecule has 1 unspecified atom stereocenters. The van der Waals surface area contributed by atoms with E-state index in [4.69, 9.17) is 0 Å². The number of benzene rings is 2. The van der Waals surface area contributed by atoms with Gasteiger partial charge in [0.1, 0.15) is 5.41 Å². The average Bonchev–Trinajstić information content (AvgIpc) is 2.89. The molecule has 1 aliphatic rings. The summed E-state index contributed by atoms with van der Waals surface area (Å²) in [6, 6.07) is 20.4. The normalized spacial score (nSPS) is 15.6. The van der Waals surface area contributed by atoms with Crippen molar-refractivity contribution in [1.82, 2.24) is 5.32 Å². The molecule has 3 rings (SSSR count). The summed E-state index contributed by atoms with van der Waals surface area (Å²) in [7, 11) is 0. The van der Waals surface area contributed by atoms with Crippen LogP contribution in [0.15, 0.2) is 48.5 Å². The molecule has 0 saturated heterocycles. The summed E-state index contributed by atoms with van der Waals surface area (Å²) in [5.74, 6) is 0. The lowest BCUT2D eigenvalue weighted by Crippen LogP contribution is -2.36. The van der Waals surface area contributed by atoms with E-state index >= 15 is 0 Å². The second-order valence-electron chi connectivity index (χ2n) is 7.07. The minimum atomic E-state index is -0.515. The summed E-state index contributed by atoms with van der Waals surface area (Å²) >= 11 is 0. The van der Waals surface area contributed by atoms with Crippen LogP contribution in [0, 0.1) is 11.3 Å². The zero-order valence-electron chi connectivity index (χ0n) is 14.8. The summed E-state index contributed by atoms with van der Waals surface area (Å²) < 4.78 is 0. The summed E-state index contributed by atoms with van der Waals surface area (Å²) in [6.45, 7) is 6.58. The summed E-state index contributed by atoms with van der Waals surface area (Å²) in [6.07, 6.45) is 2.95. The third-order valence-corrected chi connectivity index (χ3v) is 5.18. The molecule has 24 heavy (non-hydrogen) atoms. The van der Waals surface area contributed by atoms with Crippen LogP contribution in [0.4, 0.5) is 0 Å². The van der Waals surface area contributed by atoms with Crippen LogP contribution in [0.25, 0.3) is 11.1 Å². The van der Waals surface area contributed by atoms with E-state index < -0.39 is 5.41 Å². The maximum absolute atomic E-state index is 10.2. The van der Waals surface area contributed by atoms with Gasteiger partial charge in [-0.25, -0.2) is 0 Å². The number of nitrogens with one attached hydrogen (secondary N) is 1. The molecule has 1 aliphatic carbocycles. The Hall–Kier alpha value is -2.11. The van der Waals surface area contributed by atoms with Crippen LogP contribution in [0.1, 0.15) is 51.2 Å². The Labute approximate surface area is 145 Å². The topological polar surface area (TPSA) is 35.8 Å². The van der Waals surface area contributed by atoms with Crippen LogP contribution in [0.5, 0.6) is 0 Å². The average molecular weight is 318 g/mol. The maximum atomic E-state index is 10.2. The summed E-state index contributed by atoms with van der Waals surface area (Å²) in [4.78, 5) is 0. The van der Waals surface area contributed by atoms with Gasteiger partial charge < -0.3 is 5.32 Å². The molecule has 2 heteroatoms. The van der Waals surface area contributed by atoms with Crippen LogP contribution >= 0.6 is 0 Å². The van der Waals surface area contributed by atoms with Crippen molar-refractivity contribution in [2.45, 2.75) is 57.5 Å². The first-order chi connectivity index (χ1) is 11.6. The first-order valence-corrected chi connectivity index (χ1v) is 8.99. The summed E-state index contributed by atoms with van der Waals surface area (Å²) in [5, 5.41) is 13.8. The van der Waals surface area contributed by atoms with Crippen LogP contribution in [-0.4, -0.2) is 12.1 Å². The molecule has 0 amide bonds. The van der Waals surface area contributed by atoms with E-state index in [2.05, 4.69) is 80.7 Å². The van der Waals surface area contributed by atoms with Crippen molar-refractivity contribution >= 4 is 0 Å². The van der Waals surface area contributed by atoms with E-state index in [9.17, 15) is 5.26 Å². The molecule has 1 N–H and O–H groups in total. The number of fused-ring (bicyclic) bond motifs is 3. The first-order valence-electron chi connectivity index (χ1n) is 8.99. The van der Waals surface area contributed by atoms with Gasteiger partial charge in [-0.1, -0.05) is 69.3 Å². The molecule has 0 bridgehead atoms. The van der Waals surface area contributed by atoms with Gasteiger partial charge >= 0.3 is 0 Å². The van der Waals surface area contributed by atoms with Gasteiger partial charge in [0.2, 0.25) is 0 Å². The van der Waals surface area contributed by atoms with Crippen LogP contribution in [-0.2, 0) is 5.41 Å². The standard InChI is InChI=1S/C22H26N2/c1-4-17(24-16(2)3)13-14-22(15-23)20-11-7-5-9-18(20)19-10-6-8-12-21(19)22/h5-12,16-17,24H,4,13-14H2,1-3H3. The van der Waals surface area contributed by atoms with Crippen LogP contribution < -0.4 is 5.32 Å². The third kappa shape index (κ3) is 2.74. The van der Waals surface area contributed by atoms with Gasteiger partial charge in [0.25, 0.3) is 0 Å². The molecule has 0 aliphatic heterocycles. The monoisotopic (exact) mass is 318 g/mol. The predicted octanol–water partition coefficient (Wildman–Crippen LogP) is 5.03. The molecular weight excluding hydrogens is 292 g/mol. The summed E-state index contributed by atoms with van der Waals surface area (Å²) in [5.41, 5.74) is 4.28. The molecule has 0 heterocycles.